The fourth-order valence-electron chi connectivity index (χ4n) is 1.81. The summed E-state index contributed by atoms with van der Waals surface area (Å²) in [5.74, 6) is 0.164. The van der Waals surface area contributed by atoms with Crippen LogP contribution in [0.25, 0.3) is 0 Å². The molecule has 1 aromatic carbocycles. The lowest BCUT2D eigenvalue weighted by Crippen LogP contribution is -2.29. The van der Waals surface area contributed by atoms with Crippen LogP contribution in [0.15, 0.2) is 24.3 Å². The second-order valence-electron chi connectivity index (χ2n) is 5.07. The van der Waals surface area contributed by atoms with Gasteiger partial charge in [-0.2, -0.15) is 0 Å². The lowest BCUT2D eigenvalue weighted by Gasteiger charge is -2.19. The highest BCUT2D eigenvalue weighted by Gasteiger charge is 2.13. The van der Waals surface area contributed by atoms with Crippen molar-refractivity contribution in [2.75, 3.05) is 20.6 Å². The monoisotopic (exact) mass is 277 g/mol. The Bertz CT molecular complexity index is 457. The van der Waals surface area contributed by atoms with Crippen molar-refractivity contribution in [2.24, 2.45) is 11.7 Å². The molecule has 0 spiro atoms. The fourth-order valence-corrected chi connectivity index (χ4v) is 1.81. The highest BCUT2D eigenvalue weighted by atomic mass is 16.2. The van der Waals surface area contributed by atoms with E-state index in [4.69, 9.17) is 5.73 Å². The molecule has 0 heterocycles. The Morgan fingerprint density at radius 3 is 2.40 bits per heavy atom. The van der Waals surface area contributed by atoms with Crippen LogP contribution in [0.2, 0.25) is 0 Å². The van der Waals surface area contributed by atoms with Gasteiger partial charge < -0.3 is 16.0 Å². The minimum atomic E-state index is -0.113. The number of nitrogens with zero attached hydrogens (tertiary/aromatic N) is 1. The number of nitrogens with one attached hydrogen (secondary N) is 1. The Balaban J connectivity index is 2.60. The van der Waals surface area contributed by atoms with E-state index in [0.29, 0.717) is 25.1 Å². The van der Waals surface area contributed by atoms with Crippen molar-refractivity contribution in [3.63, 3.8) is 0 Å². The van der Waals surface area contributed by atoms with E-state index in [1.807, 2.05) is 19.1 Å². The first-order valence-corrected chi connectivity index (χ1v) is 6.73. The van der Waals surface area contributed by atoms with Crippen molar-refractivity contribution >= 4 is 11.8 Å². The maximum absolute atomic E-state index is 11.9. The Hall–Kier alpha value is -1.88. The first-order valence-electron chi connectivity index (χ1n) is 6.73. The van der Waals surface area contributed by atoms with E-state index in [1.54, 1.807) is 31.1 Å². The Morgan fingerprint density at radius 1 is 1.30 bits per heavy atom. The van der Waals surface area contributed by atoms with Crippen LogP contribution in [0.5, 0.6) is 0 Å². The normalized spacial score (nSPS) is 11.8. The van der Waals surface area contributed by atoms with Crippen molar-refractivity contribution in [1.82, 2.24) is 10.2 Å². The van der Waals surface area contributed by atoms with Crippen LogP contribution < -0.4 is 11.1 Å². The van der Waals surface area contributed by atoms with E-state index >= 15 is 0 Å². The zero-order chi connectivity index (χ0) is 15.1. The summed E-state index contributed by atoms with van der Waals surface area (Å²) in [5, 5.41) is 2.57. The van der Waals surface area contributed by atoms with Gasteiger partial charge >= 0.3 is 0 Å². The van der Waals surface area contributed by atoms with Crippen LogP contribution >= 0.6 is 0 Å². The molecule has 0 bridgehead atoms. The number of rotatable bonds is 6. The number of nitrogens with two attached hydrogens (primary N) is 1. The molecule has 0 radical (unpaired) electrons. The van der Waals surface area contributed by atoms with Gasteiger partial charge in [0.25, 0.3) is 5.91 Å². The van der Waals surface area contributed by atoms with E-state index in [1.165, 1.54) is 0 Å². The van der Waals surface area contributed by atoms with E-state index < -0.39 is 0 Å². The molecule has 5 nitrogen and oxygen atoms in total. The number of hydrogen-bond acceptors (Lipinski definition) is 3. The molecule has 0 aliphatic rings. The molecule has 110 valence electrons. The summed E-state index contributed by atoms with van der Waals surface area (Å²) in [6.45, 7) is 3.01. The lowest BCUT2D eigenvalue weighted by molar-refractivity contribution is -0.131. The molecule has 0 aromatic heterocycles. The third-order valence-corrected chi connectivity index (χ3v) is 3.21. The fraction of sp³-hybridized carbons (Fsp3) is 0.467. The zero-order valence-corrected chi connectivity index (χ0v) is 12.3. The number of carbonyl (C=O) groups is 2. The average molecular weight is 277 g/mol. The van der Waals surface area contributed by atoms with Gasteiger partial charge in [0.2, 0.25) is 5.91 Å². The Kier molecular flexibility index (Phi) is 6.18. The predicted molar refractivity (Wildman–Crippen MR) is 79.1 cm³/mol. The quantitative estimate of drug-likeness (QED) is 0.814. The van der Waals surface area contributed by atoms with Crippen LogP contribution in [0.3, 0.4) is 0 Å². The molecular formula is C15H23N3O2. The van der Waals surface area contributed by atoms with E-state index in [-0.39, 0.29) is 17.7 Å². The number of hydrogen-bond donors (Lipinski definition) is 2. The van der Waals surface area contributed by atoms with Crippen LogP contribution in [-0.2, 0) is 11.3 Å². The SMILES string of the molecule is CNC(=O)c1ccc(CN(C)C(=O)CC(C)CN)cc1. The lowest BCUT2D eigenvalue weighted by atomic mass is 10.1. The van der Waals surface area contributed by atoms with Crippen molar-refractivity contribution in [2.45, 2.75) is 19.9 Å². The van der Waals surface area contributed by atoms with Gasteiger partial charge in [0.1, 0.15) is 0 Å². The molecule has 0 aliphatic carbocycles. The van der Waals surface area contributed by atoms with Gasteiger partial charge in [-0.25, -0.2) is 0 Å². The summed E-state index contributed by atoms with van der Waals surface area (Å²) in [7, 11) is 3.37. The molecule has 1 atom stereocenters. The molecule has 0 aliphatic heterocycles. The third-order valence-electron chi connectivity index (χ3n) is 3.21. The first kappa shape index (κ1) is 16.2. The van der Waals surface area contributed by atoms with Crippen LogP contribution in [0, 0.1) is 5.92 Å². The first-order chi connectivity index (χ1) is 9.47. The van der Waals surface area contributed by atoms with Gasteiger partial charge in [0, 0.05) is 32.6 Å². The maximum atomic E-state index is 11.9. The molecule has 2 amide bonds. The van der Waals surface area contributed by atoms with Crippen LogP contribution in [0.4, 0.5) is 0 Å². The molecule has 20 heavy (non-hydrogen) atoms. The van der Waals surface area contributed by atoms with Crippen LogP contribution in [0.1, 0.15) is 29.3 Å². The second kappa shape index (κ2) is 7.65. The standard InChI is InChI=1S/C15H23N3O2/c1-11(9-16)8-14(19)18(3)10-12-4-6-13(7-5-12)15(20)17-2/h4-7,11H,8-10,16H2,1-3H3,(H,17,20). The maximum Gasteiger partial charge on any atom is 0.251 e. The Labute approximate surface area is 120 Å². The van der Waals surface area contributed by atoms with Gasteiger partial charge in [-0.1, -0.05) is 19.1 Å². The minimum absolute atomic E-state index is 0.0818. The summed E-state index contributed by atoms with van der Waals surface area (Å²) in [6.07, 6.45) is 0.462. The third kappa shape index (κ3) is 4.66. The summed E-state index contributed by atoms with van der Waals surface area (Å²) >= 11 is 0. The highest BCUT2D eigenvalue weighted by molar-refractivity contribution is 5.93. The van der Waals surface area contributed by atoms with Gasteiger partial charge in [0.15, 0.2) is 0 Å². The minimum Gasteiger partial charge on any atom is -0.355 e. The van der Waals surface area contributed by atoms with Gasteiger partial charge in [-0.3, -0.25) is 9.59 Å². The number of benzene rings is 1. The summed E-state index contributed by atoms with van der Waals surface area (Å²) in [4.78, 5) is 25.0. The van der Waals surface area contributed by atoms with Crippen molar-refractivity contribution < 1.29 is 9.59 Å². The average Bonchev–Trinajstić information content (AvgIpc) is 2.46. The molecule has 1 aromatic rings. The molecular weight excluding hydrogens is 254 g/mol. The molecule has 1 unspecified atom stereocenters. The van der Waals surface area contributed by atoms with Crippen molar-refractivity contribution in [3.8, 4) is 0 Å². The summed E-state index contributed by atoms with van der Waals surface area (Å²) in [5.41, 5.74) is 7.13. The largest absolute Gasteiger partial charge is 0.355 e. The van der Waals surface area contributed by atoms with E-state index in [0.717, 1.165) is 5.56 Å². The molecule has 0 saturated heterocycles. The molecule has 1 rings (SSSR count). The zero-order valence-electron chi connectivity index (χ0n) is 12.3. The van der Waals surface area contributed by atoms with Crippen molar-refractivity contribution in [3.05, 3.63) is 35.4 Å². The molecule has 3 N–H and O–H groups in total. The second-order valence-corrected chi connectivity index (χ2v) is 5.07. The van der Waals surface area contributed by atoms with Gasteiger partial charge in [0.05, 0.1) is 0 Å². The summed E-state index contributed by atoms with van der Waals surface area (Å²) < 4.78 is 0. The van der Waals surface area contributed by atoms with E-state index in [9.17, 15) is 9.59 Å². The van der Waals surface area contributed by atoms with E-state index in [2.05, 4.69) is 5.32 Å². The summed E-state index contributed by atoms with van der Waals surface area (Å²) in [6, 6.07) is 7.24. The Morgan fingerprint density at radius 2 is 1.90 bits per heavy atom. The van der Waals surface area contributed by atoms with Crippen molar-refractivity contribution in [1.29, 1.82) is 0 Å². The molecule has 0 fully saturated rings. The van der Waals surface area contributed by atoms with Gasteiger partial charge in [-0.15, -0.1) is 0 Å². The van der Waals surface area contributed by atoms with Crippen LogP contribution in [-0.4, -0.2) is 37.4 Å². The molecule has 0 saturated carbocycles. The number of carbonyl (C=O) groups excluding carboxylic acids is 2. The molecule has 5 heteroatoms. The van der Waals surface area contributed by atoms with Gasteiger partial charge in [-0.05, 0) is 30.2 Å². The topological polar surface area (TPSA) is 75.4 Å². The highest BCUT2D eigenvalue weighted by Crippen LogP contribution is 2.09. The predicted octanol–water partition coefficient (Wildman–Crippen LogP) is 0.990. The number of amides is 2. The smallest absolute Gasteiger partial charge is 0.251 e.